The highest BCUT2D eigenvalue weighted by Gasteiger charge is 2.41. The number of amides is 1. The van der Waals surface area contributed by atoms with Crippen molar-refractivity contribution in [3.8, 4) is 0 Å². The molecule has 1 saturated carbocycles. The molecular weight excluding hydrogens is 286 g/mol. The van der Waals surface area contributed by atoms with Gasteiger partial charge in [-0.15, -0.1) is 0 Å². The van der Waals surface area contributed by atoms with Gasteiger partial charge in [-0.3, -0.25) is 9.69 Å². The fraction of sp³-hybridized carbons (Fsp3) is 0.188. The summed E-state index contributed by atoms with van der Waals surface area (Å²) < 4.78 is 25.4. The smallest absolute Gasteiger partial charge is 0.234 e. The van der Waals surface area contributed by atoms with Crippen LogP contribution in [0.5, 0.6) is 0 Å². The highest BCUT2D eigenvalue weighted by Crippen LogP contribution is 2.46. The van der Waals surface area contributed by atoms with Crippen LogP contribution in [0, 0.1) is 5.92 Å². The van der Waals surface area contributed by atoms with Crippen molar-refractivity contribution in [1.82, 2.24) is 0 Å². The van der Waals surface area contributed by atoms with Gasteiger partial charge in [0.05, 0.1) is 21.2 Å². The Hall–Kier alpha value is -2.14. The number of sulfone groups is 1. The highest BCUT2D eigenvalue weighted by atomic mass is 32.2. The van der Waals surface area contributed by atoms with Gasteiger partial charge in [0.15, 0.2) is 0 Å². The summed E-state index contributed by atoms with van der Waals surface area (Å²) in [6.45, 7) is 0. The number of fused-ring (bicyclic) bond motifs is 2. The molecule has 106 valence electrons. The highest BCUT2D eigenvalue weighted by molar-refractivity contribution is 7.92. The third-order valence-corrected chi connectivity index (χ3v) is 5.79. The molecule has 1 aliphatic carbocycles. The number of hydrogen-bond acceptors (Lipinski definition) is 3. The number of carbonyl (C=O) groups excluding carboxylic acids is 1. The molecule has 1 fully saturated rings. The second-order valence-corrected chi connectivity index (χ2v) is 7.27. The van der Waals surface area contributed by atoms with E-state index in [0.717, 1.165) is 12.8 Å². The van der Waals surface area contributed by atoms with Crippen molar-refractivity contribution < 1.29 is 13.2 Å². The molecule has 0 saturated heterocycles. The topological polar surface area (TPSA) is 54.5 Å². The van der Waals surface area contributed by atoms with Crippen molar-refractivity contribution in [2.75, 3.05) is 4.90 Å². The molecule has 4 rings (SSSR count). The van der Waals surface area contributed by atoms with Crippen molar-refractivity contribution >= 4 is 27.1 Å². The van der Waals surface area contributed by atoms with Crippen molar-refractivity contribution in [2.45, 2.75) is 22.6 Å². The van der Waals surface area contributed by atoms with Gasteiger partial charge in [0.1, 0.15) is 0 Å². The standard InChI is InChI=1S/C16H13NO3S/c18-16(11-9-10-11)17-12-5-1-3-7-14(12)21(19,20)15-8-4-2-6-13(15)17/h1-8,11H,9-10H2. The van der Waals surface area contributed by atoms with E-state index >= 15 is 0 Å². The Morgan fingerprint density at radius 1 is 0.905 bits per heavy atom. The molecule has 2 aliphatic rings. The Kier molecular flexibility index (Phi) is 2.50. The molecule has 21 heavy (non-hydrogen) atoms. The molecule has 2 aromatic rings. The SMILES string of the molecule is O=C(C1CC1)N1c2ccccc2S(=O)(=O)c2ccccc21. The number of anilines is 2. The summed E-state index contributed by atoms with van der Waals surface area (Å²) >= 11 is 0. The van der Waals surface area contributed by atoms with E-state index < -0.39 is 9.84 Å². The van der Waals surface area contributed by atoms with Crippen molar-refractivity contribution in [3.63, 3.8) is 0 Å². The second-order valence-electron chi connectivity index (χ2n) is 5.39. The molecule has 1 heterocycles. The molecule has 0 N–H and O–H groups in total. The Balaban J connectivity index is 2.03. The first-order chi connectivity index (χ1) is 10.1. The van der Waals surface area contributed by atoms with E-state index in [9.17, 15) is 13.2 Å². The first-order valence-electron chi connectivity index (χ1n) is 6.88. The lowest BCUT2D eigenvalue weighted by Crippen LogP contribution is -2.32. The van der Waals surface area contributed by atoms with Crippen molar-refractivity contribution in [1.29, 1.82) is 0 Å². The quantitative estimate of drug-likeness (QED) is 0.813. The summed E-state index contributed by atoms with van der Waals surface area (Å²) in [4.78, 5) is 14.6. The summed E-state index contributed by atoms with van der Waals surface area (Å²) in [6, 6.07) is 13.4. The van der Waals surface area contributed by atoms with E-state index in [1.165, 1.54) is 0 Å². The van der Waals surface area contributed by atoms with Gasteiger partial charge in [-0.25, -0.2) is 8.42 Å². The molecule has 0 aromatic heterocycles. The summed E-state index contributed by atoms with van der Waals surface area (Å²) in [5.41, 5.74) is 0.932. The van der Waals surface area contributed by atoms with Crippen LogP contribution in [0.1, 0.15) is 12.8 Å². The predicted octanol–water partition coefficient (Wildman–Crippen LogP) is 2.91. The van der Waals surface area contributed by atoms with E-state index in [1.807, 2.05) is 0 Å². The Morgan fingerprint density at radius 3 is 1.86 bits per heavy atom. The lowest BCUT2D eigenvalue weighted by molar-refractivity contribution is -0.119. The first-order valence-corrected chi connectivity index (χ1v) is 8.36. The van der Waals surface area contributed by atoms with Crippen LogP contribution in [0.3, 0.4) is 0 Å². The van der Waals surface area contributed by atoms with Crippen molar-refractivity contribution in [3.05, 3.63) is 48.5 Å². The van der Waals surface area contributed by atoms with Crippen LogP contribution in [-0.2, 0) is 14.6 Å². The van der Waals surface area contributed by atoms with E-state index in [-0.39, 0.29) is 21.6 Å². The van der Waals surface area contributed by atoms with Gasteiger partial charge < -0.3 is 0 Å². The molecule has 0 spiro atoms. The van der Waals surface area contributed by atoms with Gasteiger partial charge in [-0.1, -0.05) is 24.3 Å². The minimum absolute atomic E-state index is 0.00944. The summed E-state index contributed by atoms with van der Waals surface area (Å²) in [7, 11) is -3.57. The van der Waals surface area contributed by atoms with E-state index in [0.29, 0.717) is 11.4 Å². The lowest BCUT2D eigenvalue weighted by Gasteiger charge is -2.31. The lowest BCUT2D eigenvalue weighted by atomic mass is 10.2. The molecule has 0 unspecified atom stereocenters. The van der Waals surface area contributed by atoms with Crippen molar-refractivity contribution in [2.24, 2.45) is 5.92 Å². The third kappa shape index (κ3) is 1.74. The van der Waals surface area contributed by atoms with Gasteiger partial charge in [-0.2, -0.15) is 0 Å². The summed E-state index contributed by atoms with van der Waals surface area (Å²) in [5, 5.41) is 0. The van der Waals surface area contributed by atoms with Gasteiger partial charge >= 0.3 is 0 Å². The number of rotatable bonds is 1. The number of benzene rings is 2. The van der Waals surface area contributed by atoms with Gasteiger partial charge in [0.2, 0.25) is 15.7 Å². The Morgan fingerprint density at radius 2 is 1.38 bits per heavy atom. The first kappa shape index (κ1) is 12.6. The number of hydrogen-bond donors (Lipinski definition) is 0. The Labute approximate surface area is 122 Å². The van der Waals surface area contributed by atoms with Crippen LogP contribution in [0.15, 0.2) is 58.3 Å². The molecule has 0 atom stereocenters. The minimum Gasteiger partial charge on any atom is -0.278 e. The number of nitrogens with zero attached hydrogens (tertiary/aromatic N) is 1. The minimum atomic E-state index is -3.57. The van der Waals surface area contributed by atoms with E-state index in [2.05, 4.69) is 0 Å². The zero-order chi connectivity index (χ0) is 14.6. The molecule has 1 amide bonds. The van der Waals surface area contributed by atoms with Crippen LogP contribution < -0.4 is 4.90 Å². The van der Waals surface area contributed by atoms with Crippen LogP contribution in [-0.4, -0.2) is 14.3 Å². The zero-order valence-electron chi connectivity index (χ0n) is 11.2. The van der Waals surface area contributed by atoms with Gasteiger partial charge in [0.25, 0.3) is 0 Å². The van der Waals surface area contributed by atoms with Crippen LogP contribution in [0.2, 0.25) is 0 Å². The molecule has 1 aliphatic heterocycles. The third-order valence-electron chi connectivity index (χ3n) is 3.94. The maximum atomic E-state index is 12.7. The number of carbonyl (C=O) groups is 1. The molecular formula is C16H13NO3S. The monoisotopic (exact) mass is 299 g/mol. The largest absolute Gasteiger partial charge is 0.278 e. The van der Waals surface area contributed by atoms with Gasteiger partial charge in [-0.05, 0) is 37.1 Å². The fourth-order valence-electron chi connectivity index (χ4n) is 2.74. The van der Waals surface area contributed by atoms with Gasteiger partial charge in [0, 0.05) is 5.92 Å². The summed E-state index contributed by atoms with van der Waals surface area (Å²) in [5.74, 6) is 0.0108. The predicted molar refractivity (Wildman–Crippen MR) is 78.2 cm³/mol. The van der Waals surface area contributed by atoms with E-state index in [4.69, 9.17) is 0 Å². The average molecular weight is 299 g/mol. The zero-order valence-corrected chi connectivity index (χ0v) is 12.0. The average Bonchev–Trinajstić information content (AvgIpc) is 3.32. The summed E-state index contributed by atoms with van der Waals surface area (Å²) in [6.07, 6.45) is 1.76. The number of para-hydroxylation sites is 2. The second kappa shape index (κ2) is 4.18. The maximum Gasteiger partial charge on any atom is 0.234 e. The molecule has 0 bridgehead atoms. The molecule has 0 radical (unpaired) electrons. The van der Waals surface area contributed by atoms with Crippen LogP contribution >= 0.6 is 0 Å². The molecule has 5 heteroatoms. The molecule has 4 nitrogen and oxygen atoms in total. The van der Waals surface area contributed by atoms with E-state index in [1.54, 1.807) is 53.4 Å². The van der Waals surface area contributed by atoms with Crippen LogP contribution in [0.25, 0.3) is 0 Å². The maximum absolute atomic E-state index is 12.7. The Bertz CT molecular complexity index is 800. The molecule has 2 aromatic carbocycles. The fourth-order valence-corrected chi connectivity index (χ4v) is 4.36. The normalized spacial score (nSPS) is 18.8. The van der Waals surface area contributed by atoms with Crippen LogP contribution in [0.4, 0.5) is 11.4 Å².